The van der Waals surface area contributed by atoms with Gasteiger partial charge in [0.15, 0.2) is 17.1 Å². The molecule has 1 aliphatic rings. The normalized spacial score (nSPS) is 15.1. The largest absolute Gasteiger partial charge is 0.497 e. The van der Waals surface area contributed by atoms with E-state index in [0.717, 1.165) is 28.1 Å². The zero-order valence-corrected chi connectivity index (χ0v) is 21.0. The minimum Gasteiger partial charge on any atom is -0.497 e. The van der Waals surface area contributed by atoms with Crippen molar-refractivity contribution in [3.8, 4) is 17.2 Å². The molecule has 0 unspecified atom stereocenters. The van der Waals surface area contributed by atoms with Gasteiger partial charge in [-0.05, 0) is 48.0 Å². The van der Waals surface area contributed by atoms with Crippen LogP contribution in [-0.2, 0) is 4.79 Å². The van der Waals surface area contributed by atoms with E-state index in [1.807, 2.05) is 66.7 Å². The van der Waals surface area contributed by atoms with Gasteiger partial charge in [-0.3, -0.25) is 4.79 Å². The van der Waals surface area contributed by atoms with Crippen LogP contribution < -0.4 is 14.2 Å². The van der Waals surface area contributed by atoms with Gasteiger partial charge < -0.3 is 18.6 Å². The fourth-order valence-electron chi connectivity index (χ4n) is 4.22. The highest BCUT2D eigenvalue weighted by molar-refractivity contribution is 7.99. The maximum atomic E-state index is 13.5. The molecule has 0 radical (unpaired) electrons. The molecule has 3 aromatic carbocycles. The van der Waals surface area contributed by atoms with Crippen LogP contribution in [-0.4, -0.2) is 48.7 Å². The van der Waals surface area contributed by atoms with Gasteiger partial charge in [-0.2, -0.15) is 5.10 Å². The molecule has 1 aromatic heterocycles. The van der Waals surface area contributed by atoms with Crippen LogP contribution in [0.1, 0.15) is 23.6 Å². The molecule has 1 aliphatic heterocycles. The lowest BCUT2D eigenvalue weighted by Gasteiger charge is -2.24. The van der Waals surface area contributed by atoms with Gasteiger partial charge in [-0.25, -0.2) is 9.99 Å². The molecule has 2 heterocycles. The summed E-state index contributed by atoms with van der Waals surface area (Å²) < 4.78 is 22.2. The minimum atomic E-state index is -0.358. The van der Waals surface area contributed by atoms with Crippen molar-refractivity contribution in [2.24, 2.45) is 5.10 Å². The van der Waals surface area contributed by atoms with Crippen molar-refractivity contribution in [1.29, 1.82) is 0 Å². The van der Waals surface area contributed by atoms with Crippen LogP contribution in [0.3, 0.4) is 0 Å². The Morgan fingerprint density at radius 1 is 1.00 bits per heavy atom. The molecule has 0 N–H and O–H groups in total. The number of benzene rings is 3. The Morgan fingerprint density at radius 3 is 2.53 bits per heavy atom. The molecule has 0 fully saturated rings. The van der Waals surface area contributed by atoms with E-state index in [9.17, 15) is 4.79 Å². The molecule has 184 valence electrons. The van der Waals surface area contributed by atoms with Crippen molar-refractivity contribution in [2.75, 3.05) is 27.1 Å². The third-order valence-electron chi connectivity index (χ3n) is 5.97. The molecule has 0 saturated carbocycles. The van der Waals surface area contributed by atoms with E-state index in [0.29, 0.717) is 28.7 Å². The highest BCUT2D eigenvalue weighted by Gasteiger charge is 2.35. The first-order chi connectivity index (χ1) is 17.6. The van der Waals surface area contributed by atoms with E-state index in [-0.39, 0.29) is 17.7 Å². The highest BCUT2D eigenvalue weighted by Crippen LogP contribution is 2.42. The SMILES string of the molecule is COc1ccc(C2=NN(C(=O)CSc3nc4ccccc4o3)[C@H](c3cccc(OC)c3OC)C2)cc1. The number of oxazole rings is 1. The van der Waals surface area contributed by atoms with Crippen molar-refractivity contribution < 1.29 is 23.4 Å². The van der Waals surface area contributed by atoms with Gasteiger partial charge in [-0.15, -0.1) is 0 Å². The van der Waals surface area contributed by atoms with Crippen LogP contribution in [0, 0.1) is 0 Å². The van der Waals surface area contributed by atoms with Crippen LogP contribution in [0.2, 0.25) is 0 Å². The maximum absolute atomic E-state index is 13.5. The second-order valence-corrected chi connectivity index (χ2v) is 8.98. The molecule has 4 aromatic rings. The van der Waals surface area contributed by atoms with Gasteiger partial charge in [0.1, 0.15) is 11.3 Å². The molecule has 0 saturated heterocycles. The van der Waals surface area contributed by atoms with Crippen molar-refractivity contribution in [1.82, 2.24) is 9.99 Å². The van der Waals surface area contributed by atoms with E-state index < -0.39 is 0 Å². The van der Waals surface area contributed by atoms with Crippen LogP contribution in [0.5, 0.6) is 17.2 Å². The number of thioether (sulfide) groups is 1. The van der Waals surface area contributed by atoms with Gasteiger partial charge >= 0.3 is 0 Å². The second kappa shape index (κ2) is 10.3. The van der Waals surface area contributed by atoms with Crippen LogP contribution in [0.4, 0.5) is 0 Å². The first-order valence-corrected chi connectivity index (χ1v) is 12.3. The summed E-state index contributed by atoms with van der Waals surface area (Å²) in [6.07, 6.45) is 0.523. The molecule has 0 bridgehead atoms. The molecule has 36 heavy (non-hydrogen) atoms. The zero-order valence-electron chi connectivity index (χ0n) is 20.1. The molecule has 1 atom stereocenters. The summed E-state index contributed by atoms with van der Waals surface area (Å²) in [5, 5.41) is 6.73. The third kappa shape index (κ3) is 4.61. The smallest absolute Gasteiger partial charge is 0.257 e. The summed E-state index contributed by atoms with van der Waals surface area (Å²) in [5.74, 6) is 1.89. The lowest BCUT2D eigenvalue weighted by molar-refractivity contribution is -0.130. The van der Waals surface area contributed by atoms with Crippen molar-refractivity contribution in [3.63, 3.8) is 0 Å². The number of nitrogens with zero attached hydrogens (tertiary/aromatic N) is 3. The van der Waals surface area contributed by atoms with Gasteiger partial charge in [0.05, 0.1) is 38.8 Å². The number of para-hydroxylation sites is 3. The molecule has 9 heteroatoms. The van der Waals surface area contributed by atoms with Crippen molar-refractivity contribution in [2.45, 2.75) is 17.7 Å². The summed E-state index contributed by atoms with van der Waals surface area (Å²) in [4.78, 5) is 17.9. The predicted octanol–water partition coefficient (Wildman–Crippen LogP) is 5.32. The van der Waals surface area contributed by atoms with Crippen LogP contribution in [0.25, 0.3) is 11.1 Å². The average molecular weight is 504 g/mol. The average Bonchev–Trinajstić information content (AvgIpc) is 3.56. The van der Waals surface area contributed by atoms with E-state index in [4.69, 9.17) is 23.7 Å². The number of hydrazone groups is 1. The second-order valence-electron chi connectivity index (χ2n) is 8.05. The van der Waals surface area contributed by atoms with Crippen molar-refractivity contribution >= 4 is 34.5 Å². The lowest BCUT2D eigenvalue weighted by Crippen LogP contribution is -2.29. The first kappa shape index (κ1) is 23.7. The van der Waals surface area contributed by atoms with Gasteiger partial charge in [0.25, 0.3) is 11.1 Å². The van der Waals surface area contributed by atoms with E-state index >= 15 is 0 Å². The van der Waals surface area contributed by atoms with Gasteiger partial charge in [0.2, 0.25) is 0 Å². The number of methoxy groups -OCH3 is 3. The Balaban J connectivity index is 1.44. The quantitative estimate of drug-likeness (QED) is 0.301. The summed E-state index contributed by atoms with van der Waals surface area (Å²) in [7, 11) is 4.81. The number of carbonyl (C=O) groups is 1. The monoisotopic (exact) mass is 503 g/mol. The zero-order chi connectivity index (χ0) is 25.1. The summed E-state index contributed by atoms with van der Waals surface area (Å²) >= 11 is 1.25. The topological polar surface area (TPSA) is 86.4 Å². The number of fused-ring (bicyclic) bond motifs is 1. The Bertz CT molecular complexity index is 1380. The van der Waals surface area contributed by atoms with E-state index in [2.05, 4.69) is 4.98 Å². The minimum absolute atomic E-state index is 0.120. The molecule has 0 aliphatic carbocycles. The maximum Gasteiger partial charge on any atom is 0.257 e. The van der Waals surface area contributed by atoms with Crippen molar-refractivity contribution in [3.05, 3.63) is 77.9 Å². The molecule has 8 nitrogen and oxygen atoms in total. The Morgan fingerprint density at radius 2 is 1.81 bits per heavy atom. The number of hydrogen-bond donors (Lipinski definition) is 0. The standard InChI is InChI=1S/C27H25N3O5S/c1-32-18-13-11-17(12-14-18)21-15-22(19-7-6-10-24(33-2)26(19)34-3)30(29-21)25(31)16-36-27-28-20-8-4-5-9-23(20)35-27/h4-14,22H,15-16H2,1-3H3/t22-/m0/s1. The number of rotatable bonds is 8. The third-order valence-corrected chi connectivity index (χ3v) is 6.79. The highest BCUT2D eigenvalue weighted by atomic mass is 32.2. The Labute approximate surface area is 212 Å². The summed E-state index contributed by atoms with van der Waals surface area (Å²) in [6, 6.07) is 20.5. The molecule has 0 spiro atoms. The number of carbonyl (C=O) groups excluding carboxylic acids is 1. The number of amides is 1. The molecular formula is C27H25N3O5S. The van der Waals surface area contributed by atoms with Gasteiger partial charge in [-0.1, -0.05) is 36.0 Å². The van der Waals surface area contributed by atoms with Gasteiger partial charge in [0, 0.05) is 12.0 Å². The number of hydrogen-bond acceptors (Lipinski definition) is 8. The van der Waals surface area contributed by atoms with Crippen LogP contribution >= 0.6 is 11.8 Å². The number of aromatic nitrogens is 1. The molecule has 5 rings (SSSR count). The Hall–Kier alpha value is -3.98. The van der Waals surface area contributed by atoms with Crippen LogP contribution in [0.15, 0.2) is 81.5 Å². The fourth-order valence-corrected chi connectivity index (χ4v) is 4.91. The molecule has 1 amide bonds. The van der Waals surface area contributed by atoms with E-state index in [1.54, 1.807) is 21.3 Å². The lowest BCUT2D eigenvalue weighted by atomic mass is 9.97. The number of ether oxygens (including phenoxy) is 3. The van der Waals surface area contributed by atoms with E-state index in [1.165, 1.54) is 16.8 Å². The Kier molecular flexibility index (Phi) is 6.81. The fraction of sp³-hybridized carbons (Fsp3) is 0.222. The summed E-state index contributed by atoms with van der Waals surface area (Å²) in [6.45, 7) is 0. The summed E-state index contributed by atoms with van der Waals surface area (Å²) in [5.41, 5.74) is 3.99. The molecular weight excluding hydrogens is 478 g/mol. The predicted molar refractivity (Wildman–Crippen MR) is 138 cm³/mol. The first-order valence-electron chi connectivity index (χ1n) is 11.3.